The summed E-state index contributed by atoms with van der Waals surface area (Å²) in [5, 5.41) is 27.7. The number of H-pyrrole nitrogens is 1. The van der Waals surface area contributed by atoms with Gasteiger partial charge in [-0.1, -0.05) is 36.4 Å². The van der Waals surface area contributed by atoms with Gasteiger partial charge in [-0.2, -0.15) is 15.8 Å². The summed E-state index contributed by atoms with van der Waals surface area (Å²) >= 11 is 0. The van der Waals surface area contributed by atoms with E-state index in [1.54, 1.807) is 42.5 Å². The van der Waals surface area contributed by atoms with E-state index >= 15 is 0 Å². The number of nitrogens with zero attached hydrogens (tertiary/aromatic N) is 3. The summed E-state index contributed by atoms with van der Waals surface area (Å²) in [4.78, 5) is 14.3. The monoisotopic (exact) mass is 337 g/mol. The SMILES string of the molecule is N#Cc1cccc(-c2ccc(-c3c(C#N)c(N)[nH]c(=O)c3C#N)cc2)c1. The van der Waals surface area contributed by atoms with Crippen LogP contribution in [-0.2, 0) is 0 Å². The normalized spacial score (nSPS) is 9.73. The number of pyridine rings is 1. The first-order chi connectivity index (χ1) is 12.6. The molecule has 0 aliphatic heterocycles. The Bertz CT molecular complexity index is 1190. The zero-order chi connectivity index (χ0) is 18.7. The molecule has 3 rings (SSSR count). The third-order valence-electron chi connectivity index (χ3n) is 3.97. The van der Waals surface area contributed by atoms with Crippen LogP contribution in [0.15, 0.2) is 53.3 Å². The van der Waals surface area contributed by atoms with Crippen molar-refractivity contribution in [3.05, 3.63) is 75.6 Å². The number of aromatic amines is 1. The number of benzene rings is 2. The first kappa shape index (κ1) is 16.5. The number of hydrogen-bond acceptors (Lipinski definition) is 5. The number of anilines is 1. The molecule has 0 aliphatic carbocycles. The Labute approximate surface area is 149 Å². The molecule has 0 atom stereocenters. The summed E-state index contributed by atoms with van der Waals surface area (Å²) in [5.41, 5.74) is 8.02. The highest BCUT2D eigenvalue weighted by atomic mass is 16.1. The number of nitrogens with one attached hydrogen (secondary N) is 1. The number of rotatable bonds is 2. The minimum absolute atomic E-state index is 0.0559. The fourth-order valence-electron chi connectivity index (χ4n) is 2.73. The number of nitriles is 3. The number of nitrogen functional groups attached to an aromatic ring is 1. The van der Waals surface area contributed by atoms with Gasteiger partial charge in [-0.3, -0.25) is 4.79 Å². The van der Waals surface area contributed by atoms with E-state index in [-0.39, 0.29) is 22.5 Å². The highest BCUT2D eigenvalue weighted by Gasteiger charge is 2.18. The maximum absolute atomic E-state index is 12.0. The quantitative estimate of drug-likeness (QED) is 0.742. The summed E-state index contributed by atoms with van der Waals surface area (Å²) in [5.74, 6) is -0.0719. The average molecular weight is 337 g/mol. The van der Waals surface area contributed by atoms with Crippen molar-refractivity contribution in [2.45, 2.75) is 0 Å². The fraction of sp³-hybridized carbons (Fsp3) is 0. The molecular formula is C20H11N5O. The van der Waals surface area contributed by atoms with Gasteiger partial charge in [0, 0.05) is 5.56 Å². The van der Waals surface area contributed by atoms with Crippen molar-refractivity contribution >= 4 is 5.82 Å². The molecule has 1 heterocycles. The second-order valence-corrected chi connectivity index (χ2v) is 5.49. The smallest absolute Gasteiger partial charge is 0.268 e. The van der Waals surface area contributed by atoms with E-state index in [1.807, 2.05) is 18.2 Å². The topological polar surface area (TPSA) is 130 Å². The van der Waals surface area contributed by atoms with Gasteiger partial charge in [0.1, 0.15) is 29.1 Å². The third kappa shape index (κ3) is 2.78. The lowest BCUT2D eigenvalue weighted by Crippen LogP contribution is -2.16. The van der Waals surface area contributed by atoms with Gasteiger partial charge in [0.15, 0.2) is 0 Å². The van der Waals surface area contributed by atoms with Gasteiger partial charge in [-0.15, -0.1) is 0 Å². The molecule has 0 saturated carbocycles. The predicted molar refractivity (Wildman–Crippen MR) is 96.5 cm³/mol. The van der Waals surface area contributed by atoms with Crippen molar-refractivity contribution < 1.29 is 0 Å². The van der Waals surface area contributed by atoms with Crippen molar-refractivity contribution in [3.8, 4) is 40.5 Å². The lowest BCUT2D eigenvalue weighted by Gasteiger charge is -2.10. The highest BCUT2D eigenvalue weighted by Crippen LogP contribution is 2.30. The van der Waals surface area contributed by atoms with E-state index in [9.17, 15) is 15.3 Å². The van der Waals surface area contributed by atoms with E-state index in [0.29, 0.717) is 11.1 Å². The zero-order valence-corrected chi connectivity index (χ0v) is 13.4. The predicted octanol–water partition coefficient (Wildman–Crippen LogP) is 2.91. The minimum Gasteiger partial charge on any atom is -0.384 e. The molecule has 6 nitrogen and oxygen atoms in total. The van der Waals surface area contributed by atoms with Crippen LogP contribution in [0.3, 0.4) is 0 Å². The molecule has 0 saturated heterocycles. The molecule has 0 aliphatic rings. The molecule has 0 fully saturated rings. The van der Waals surface area contributed by atoms with Crippen LogP contribution in [0.2, 0.25) is 0 Å². The molecular weight excluding hydrogens is 326 g/mol. The molecule has 0 spiro atoms. The standard InChI is InChI=1S/C20H11N5O/c21-9-12-2-1-3-15(8-12)13-4-6-14(7-5-13)18-16(10-22)19(24)25-20(26)17(18)11-23/h1-8H,(H3,24,25,26). The third-order valence-corrected chi connectivity index (χ3v) is 3.97. The summed E-state index contributed by atoms with van der Waals surface area (Å²) < 4.78 is 0. The average Bonchev–Trinajstić information content (AvgIpc) is 2.67. The maximum atomic E-state index is 12.0. The molecule has 122 valence electrons. The summed E-state index contributed by atoms with van der Waals surface area (Å²) in [7, 11) is 0. The van der Waals surface area contributed by atoms with Crippen molar-refractivity contribution in [3.63, 3.8) is 0 Å². The summed E-state index contributed by atoms with van der Waals surface area (Å²) in [6, 6.07) is 20.0. The Morgan fingerprint density at radius 2 is 1.46 bits per heavy atom. The van der Waals surface area contributed by atoms with Crippen LogP contribution < -0.4 is 11.3 Å². The number of aromatic nitrogens is 1. The van der Waals surface area contributed by atoms with Crippen LogP contribution in [0.25, 0.3) is 22.3 Å². The second-order valence-electron chi connectivity index (χ2n) is 5.49. The van der Waals surface area contributed by atoms with Gasteiger partial charge in [-0.05, 0) is 28.8 Å². The van der Waals surface area contributed by atoms with Crippen molar-refractivity contribution in [2.75, 3.05) is 5.73 Å². The van der Waals surface area contributed by atoms with E-state index in [4.69, 9.17) is 11.0 Å². The minimum atomic E-state index is -0.634. The first-order valence-corrected chi connectivity index (χ1v) is 7.56. The van der Waals surface area contributed by atoms with Crippen LogP contribution >= 0.6 is 0 Å². The molecule has 0 radical (unpaired) electrons. The van der Waals surface area contributed by atoms with Crippen molar-refractivity contribution in [1.82, 2.24) is 4.98 Å². The lowest BCUT2D eigenvalue weighted by atomic mass is 9.94. The van der Waals surface area contributed by atoms with Gasteiger partial charge < -0.3 is 10.7 Å². The summed E-state index contributed by atoms with van der Waals surface area (Å²) in [6.07, 6.45) is 0. The van der Waals surface area contributed by atoms with E-state index < -0.39 is 5.56 Å². The summed E-state index contributed by atoms with van der Waals surface area (Å²) in [6.45, 7) is 0. The number of nitrogens with two attached hydrogens (primary N) is 1. The fourth-order valence-corrected chi connectivity index (χ4v) is 2.73. The van der Waals surface area contributed by atoms with Crippen LogP contribution in [-0.4, -0.2) is 4.98 Å². The van der Waals surface area contributed by atoms with Crippen LogP contribution in [0.1, 0.15) is 16.7 Å². The molecule has 2 aromatic carbocycles. The highest BCUT2D eigenvalue weighted by molar-refractivity contribution is 5.81. The Morgan fingerprint density at radius 1 is 0.808 bits per heavy atom. The molecule has 6 heteroatoms. The van der Waals surface area contributed by atoms with Crippen LogP contribution in [0.5, 0.6) is 0 Å². The molecule has 0 amide bonds. The van der Waals surface area contributed by atoms with E-state index in [1.165, 1.54) is 0 Å². The van der Waals surface area contributed by atoms with Gasteiger partial charge >= 0.3 is 0 Å². The Kier molecular flexibility index (Phi) is 4.22. The van der Waals surface area contributed by atoms with Gasteiger partial charge in [-0.25, -0.2) is 0 Å². The second kappa shape index (κ2) is 6.65. The molecule has 3 aromatic rings. The Balaban J connectivity index is 2.16. The molecule has 0 bridgehead atoms. The largest absolute Gasteiger partial charge is 0.384 e. The lowest BCUT2D eigenvalue weighted by molar-refractivity contribution is 1.21. The zero-order valence-electron chi connectivity index (χ0n) is 13.4. The maximum Gasteiger partial charge on any atom is 0.268 e. The van der Waals surface area contributed by atoms with E-state index in [0.717, 1.165) is 11.1 Å². The number of hydrogen-bond donors (Lipinski definition) is 2. The Morgan fingerprint density at radius 3 is 2.08 bits per heavy atom. The van der Waals surface area contributed by atoms with Crippen LogP contribution in [0.4, 0.5) is 5.82 Å². The van der Waals surface area contributed by atoms with E-state index in [2.05, 4.69) is 11.1 Å². The Hall–Kier alpha value is -4.34. The molecule has 1 aromatic heterocycles. The van der Waals surface area contributed by atoms with Gasteiger partial charge in [0.05, 0.1) is 11.6 Å². The van der Waals surface area contributed by atoms with Gasteiger partial charge in [0.2, 0.25) is 0 Å². The molecule has 26 heavy (non-hydrogen) atoms. The first-order valence-electron chi connectivity index (χ1n) is 7.56. The molecule has 3 N–H and O–H groups in total. The van der Waals surface area contributed by atoms with Crippen molar-refractivity contribution in [1.29, 1.82) is 15.8 Å². The van der Waals surface area contributed by atoms with Crippen LogP contribution in [0, 0.1) is 34.0 Å². The molecule has 0 unspecified atom stereocenters. The van der Waals surface area contributed by atoms with Gasteiger partial charge in [0.25, 0.3) is 5.56 Å². The van der Waals surface area contributed by atoms with Crippen molar-refractivity contribution in [2.24, 2.45) is 0 Å².